The van der Waals surface area contributed by atoms with Crippen LogP contribution in [-0.2, 0) is 14.9 Å². The molecule has 0 saturated heterocycles. The molecule has 2 unspecified atom stereocenters. The molecule has 6 nitrogen and oxygen atoms in total. The molecular weight excluding hydrogens is 456 g/mol. The fraction of sp³-hybridized carbons (Fsp3) is 0.500. The molecule has 0 aromatic heterocycles. The zero-order valence-corrected chi connectivity index (χ0v) is 20.9. The number of benzene rings is 2. The highest BCUT2D eigenvalue weighted by atomic mass is 16.8. The lowest BCUT2D eigenvalue weighted by molar-refractivity contribution is -0.231. The van der Waals surface area contributed by atoms with E-state index in [-0.39, 0.29) is 11.0 Å². The van der Waals surface area contributed by atoms with Crippen LogP contribution in [0.4, 0.5) is 0 Å². The fourth-order valence-electron chi connectivity index (χ4n) is 7.01. The predicted octanol–water partition coefficient (Wildman–Crippen LogP) is 5.28. The monoisotopic (exact) mass is 490 g/mol. The van der Waals surface area contributed by atoms with E-state index in [1.807, 2.05) is 19.1 Å². The lowest BCUT2D eigenvalue weighted by Crippen LogP contribution is -2.48. The summed E-state index contributed by atoms with van der Waals surface area (Å²) in [5, 5.41) is 19.9. The smallest absolute Gasteiger partial charge is 0.335 e. The Labute approximate surface area is 212 Å². The first-order valence-corrected chi connectivity index (χ1v) is 12.9. The molecule has 0 spiro atoms. The van der Waals surface area contributed by atoms with Crippen molar-refractivity contribution in [3.05, 3.63) is 64.7 Å². The van der Waals surface area contributed by atoms with Gasteiger partial charge < -0.3 is 24.4 Å². The first-order chi connectivity index (χ1) is 17.4. The zero-order valence-electron chi connectivity index (χ0n) is 20.9. The van der Waals surface area contributed by atoms with E-state index < -0.39 is 18.5 Å². The molecule has 0 amide bonds. The third kappa shape index (κ3) is 5.01. The molecule has 2 aromatic carbocycles. The Hall–Kier alpha value is -2.85. The third-order valence-electron chi connectivity index (χ3n) is 8.13. The second-order valence-corrected chi connectivity index (χ2v) is 10.6. The van der Waals surface area contributed by atoms with Crippen molar-refractivity contribution < 1.29 is 29.2 Å². The molecule has 0 heterocycles. The van der Waals surface area contributed by atoms with E-state index in [0.717, 1.165) is 17.8 Å². The van der Waals surface area contributed by atoms with Gasteiger partial charge in [-0.1, -0.05) is 24.0 Å². The molecule has 2 atom stereocenters. The Morgan fingerprint density at radius 2 is 1.69 bits per heavy atom. The van der Waals surface area contributed by atoms with E-state index in [2.05, 4.69) is 17.9 Å². The number of aliphatic hydroxyl groups excluding tert-OH is 1. The van der Waals surface area contributed by atoms with Gasteiger partial charge in [-0.25, -0.2) is 4.79 Å². The van der Waals surface area contributed by atoms with E-state index in [4.69, 9.17) is 19.3 Å². The minimum atomic E-state index is -1.02. The number of rotatable bonds is 8. The highest BCUT2D eigenvalue weighted by molar-refractivity contribution is 5.87. The second-order valence-electron chi connectivity index (χ2n) is 10.6. The van der Waals surface area contributed by atoms with Crippen molar-refractivity contribution in [1.82, 2.24) is 0 Å². The van der Waals surface area contributed by atoms with Crippen LogP contribution in [-0.4, -0.2) is 36.4 Å². The molecule has 4 fully saturated rings. The van der Waals surface area contributed by atoms with Gasteiger partial charge in [0.1, 0.15) is 11.9 Å². The van der Waals surface area contributed by atoms with Gasteiger partial charge in [-0.2, -0.15) is 0 Å². The molecule has 36 heavy (non-hydrogen) atoms. The molecule has 4 saturated carbocycles. The molecule has 6 heteroatoms. The molecule has 0 radical (unpaired) electrons. The Kier molecular flexibility index (Phi) is 7.07. The van der Waals surface area contributed by atoms with Crippen molar-refractivity contribution in [2.45, 2.75) is 63.4 Å². The number of methoxy groups -OCH3 is 1. The summed E-state index contributed by atoms with van der Waals surface area (Å²) in [5.41, 5.74) is 2.77. The van der Waals surface area contributed by atoms with Crippen molar-refractivity contribution in [3.63, 3.8) is 0 Å². The molecule has 0 aliphatic heterocycles. The molecule has 190 valence electrons. The van der Waals surface area contributed by atoms with Gasteiger partial charge in [0.05, 0.1) is 12.2 Å². The van der Waals surface area contributed by atoms with Crippen molar-refractivity contribution in [2.24, 2.45) is 17.8 Å². The maximum absolute atomic E-state index is 11.1. The van der Waals surface area contributed by atoms with E-state index in [9.17, 15) is 9.90 Å². The van der Waals surface area contributed by atoms with Crippen LogP contribution in [0.15, 0.2) is 42.5 Å². The predicted molar refractivity (Wildman–Crippen MR) is 135 cm³/mol. The summed E-state index contributed by atoms with van der Waals surface area (Å²) in [4.78, 5) is 11.1. The highest BCUT2D eigenvalue weighted by Gasteiger charge is 2.52. The number of carboxylic acid groups (broad SMARTS) is 1. The summed E-state index contributed by atoms with van der Waals surface area (Å²) in [6, 6.07) is 12.2. The number of ether oxygens (including phenoxy) is 3. The van der Waals surface area contributed by atoms with E-state index >= 15 is 0 Å². The average Bonchev–Trinajstić information content (AvgIpc) is 2.86. The van der Waals surface area contributed by atoms with Gasteiger partial charge in [-0.15, -0.1) is 0 Å². The van der Waals surface area contributed by atoms with Gasteiger partial charge in [0, 0.05) is 18.2 Å². The van der Waals surface area contributed by atoms with Gasteiger partial charge in [0.25, 0.3) is 0 Å². The number of carboxylic acids is 1. The lowest BCUT2D eigenvalue weighted by atomic mass is 9.48. The summed E-state index contributed by atoms with van der Waals surface area (Å²) in [5.74, 6) is 7.90. The fourth-order valence-corrected chi connectivity index (χ4v) is 7.01. The minimum absolute atomic E-state index is 0.107. The second kappa shape index (κ2) is 10.3. The van der Waals surface area contributed by atoms with Gasteiger partial charge in [-0.3, -0.25) is 0 Å². The molecule has 4 bridgehead atoms. The van der Waals surface area contributed by atoms with E-state index in [1.165, 1.54) is 56.2 Å². The van der Waals surface area contributed by atoms with Gasteiger partial charge in [0.2, 0.25) is 0 Å². The van der Waals surface area contributed by atoms with Crippen LogP contribution in [0, 0.1) is 29.6 Å². The summed E-state index contributed by atoms with van der Waals surface area (Å²) in [6.07, 6.45) is 6.62. The summed E-state index contributed by atoms with van der Waals surface area (Å²) in [6.45, 7) is 1.53. The first kappa shape index (κ1) is 24.8. The normalized spacial score (nSPS) is 27.7. The maximum atomic E-state index is 11.1. The molecular formula is C30H34O6. The molecule has 4 aliphatic carbocycles. The van der Waals surface area contributed by atoms with Crippen LogP contribution < -0.4 is 4.74 Å². The highest BCUT2D eigenvalue weighted by Crippen LogP contribution is 2.62. The Bertz CT molecular complexity index is 1120. The number of aromatic carboxylic acids is 1. The SMILES string of the molecule is CCOC(OC)Oc1cc(C(O)C#Cc2ccc(C(=O)O)cc2)ccc1C12CC3CC(CC(C3)C1)C2. The van der Waals surface area contributed by atoms with Crippen molar-refractivity contribution in [1.29, 1.82) is 0 Å². The molecule has 4 aliphatic rings. The van der Waals surface area contributed by atoms with Crippen molar-refractivity contribution in [2.75, 3.05) is 13.7 Å². The summed E-state index contributed by atoms with van der Waals surface area (Å²) >= 11 is 0. The number of hydrogen-bond donors (Lipinski definition) is 2. The minimum Gasteiger partial charge on any atom is -0.478 e. The molecule has 2 N–H and O–H groups in total. The van der Waals surface area contributed by atoms with Crippen LogP contribution in [0.3, 0.4) is 0 Å². The average molecular weight is 491 g/mol. The van der Waals surface area contributed by atoms with Crippen LogP contribution in [0.2, 0.25) is 0 Å². The quantitative estimate of drug-likeness (QED) is 0.387. The Balaban J connectivity index is 1.44. The molecule has 6 rings (SSSR count). The number of hydrogen-bond acceptors (Lipinski definition) is 5. The van der Waals surface area contributed by atoms with E-state index in [1.54, 1.807) is 19.2 Å². The zero-order chi connectivity index (χ0) is 25.3. The summed E-state index contributed by atoms with van der Waals surface area (Å²) < 4.78 is 17.3. The summed E-state index contributed by atoms with van der Waals surface area (Å²) in [7, 11) is 1.56. The standard InChI is InChI=1S/C30H34O6/c1-3-35-29(34-2)36-27-15-24(26(31)11-6-19-4-7-23(8-5-19)28(32)33)9-10-25(27)30-16-20-12-21(17-30)14-22(13-20)18-30/h4-5,7-10,15,20-22,26,29,31H,3,12-14,16-18H2,1-2H3,(H,32,33). The number of aliphatic hydroxyl groups is 1. The van der Waals surface area contributed by atoms with Crippen molar-refractivity contribution >= 4 is 5.97 Å². The first-order valence-electron chi connectivity index (χ1n) is 12.9. The van der Waals surface area contributed by atoms with Gasteiger partial charge in [-0.05, 0) is 105 Å². The number of carbonyl (C=O) groups is 1. The van der Waals surface area contributed by atoms with Crippen molar-refractivity contribution in [3.8, 4) is 17.6 Å². The maximum Gasteiger partial charge on any atom is 0.335 e. The lowest BCUT2D eigenvalue weighted by Gasteiger charge is -2.57. The van der Waals surface area contributed by atoms with Crippen LogP contribution in [0.1, 0.15) is 78.6 Å². The largest absolute Gasteiger partial charge is 0.478 e. The third-order valence-corrected chi connectivity index (χ3v) is 8.13. The van der Waals surface area contributed by atoms with E-state index in [0.29, 0.717) is 23.5 Å². The van der Waals surface area contributed by atoms with Crippen LogP contribution in [0.25, 0.3) is 0 Å². The Morgan fingerprint density at radius 1 is 1.06 bits per heavy atom. The Morgan fingerprint density at radius 3 is 2.25 bits per heavy atom. The molecule has 2 aromatic rings. The van der Waals surface area contributed by atoms with Gasteiger partial charge in [0.15, 0.2) is 0 Å². The topological polar surface area (TPSA) is 85.2 Å². The van der Waals surface area contributed by atoms with Crippen LogP contribution >= 0.6 is 0 Å². The van der Waals surface area contributed by atoms with Gasteiger partial charge >= 0.3 is 12.4 Å². The van der Waals surface area contributed by atoms with Crippen LogP contribution in [0.5, 0.6) is 5.75 Å².